The Morgan fingerprint density at radius 2 is 2.24 bits per heavy atom. The lowest BCUT2D eigenvalue weighted by molar-refractivity contribution is 0.0600. The second kappa shape index (κ2) is 6.94. The molecule has 2 heterocycles. The lowest BCUT2D eigenvalue weighted by Crippen LogP contribution is -2.21. The van der Waals surface area contributed by atoms with Crippen molar-refractivity contribution < 1.29 is 9.53 Å². The Bertz CT molecular complexity index is 1020. The molecule has 8 heteroatoms. The summed E-state index contributed by atoms with van der Waals surface area (Å²) in [7, 11) is 1.33. The van der Waals surface area contributed by atoms with Crippen LogP contribution in [0.5, 0.6) is 0 Å². The number of fused-ring (bicyclic) bond motifs is 1. The van der Waals surface area contributed by atoms with E-state index in [4.69, 9.17) is 4.74 Å². The SMILES string of the molecule is C=CCn1c(=O)c2cnc(SC)nc2n1-c1cccc(C(=O)OC)c1. The molecule has 0 spiro atoms. The summed E-state index contributed by atoms with van der Waals surface area (Å²) in [4.78, 5) is 33.2. The van der Waals surface area contributed by atoms with Crippen LogP contribution in [0.3, 0.4) is 0 Å². The van der Waals surface area contributed by atoms with E-state index in [-0.39, 0.29) is 5.56 Å². The van der Waals surface area contributed by atoms with Gasteiger partial charge in [0.2, 0.25) is 0 Å². The number of hydrogen-bond donors (Lipinski definition) is 0. The molecule has 7 nitrogen and oxygen atoms in total. The van der Waals surface area contributed by atoms with Crippen molar-refractivity contribution in [3.8, 4) is 5.69 Å². The first-order chi connectivity index (χ1) is 12.1. The van der Waals surface area contributed by atoms with Crippen molar-refractivity contribution in [3.05, 3.63) is 59.0 Å². The second-order valence-corrected chi connectivity index (χ2v) is 5.90. The number of carbonyl (C=O) groups excluding carboxylic acids is 1. The van der Waals surface area contributed by atoms with Gasteiger partial charge in [-0.25, -0.2) is 24.1 Å². The predicted molar refractivity (Wildman–Crippen MR) is 96.4 cm³/mol. The van der Waals surface area contributed by atoms with Crippen LogP contribution in [0.15, 0.2) is 53.1 Å². The van der Waals surface area contributed by atoms with E-state index in [0.717, 1.165) is 0 Å². The first kappa shape index (κ1) is 17.0. The molecule has 2 aromatic heterocycles. The van der Waals surface area contributed by atoms with Gasteiger partial charge in [0, 0.05) is 6.20 Å². The molecule has 128 valence electrons. The van der Waals surface area contributed by atoms with Gasteiger partial charge in [-0.05, 0) is 24.5 Å². The number of carbonyl (C=O) groups is 1. The fourth-order valence-electron chi connectivity index (χ4n) is 2.54. The Kier molecular flexibility index (Phi) is 4.71. The molecule has 0 saturated heterocycles. The van der Waals surface area contributed by atoms with Crippen LogP contribution in [0.4, 0.5) is 0 Å². The smallest absolute Gasteiger partial charge is 0.337 e. The summed E-state index contributed by atoms with van der Waals surface area (Å²) in [5.41, 5.74) is 1.28. The number of thioether (sulfide) groups is 1. The monoisotopic (exact) mass is 356 g/mol. The molecule has 0 saturated carbocycles. The number of ether oxygens (including phenoxy) is 1. The maximum Gasteiger partial charge on any atom is 0.337 e. The Morgan fingerprint density at radius 1 is 1.44 bits per heavy atom. The number of allylic oxidation sites excluding steroid dienone is 1. The third-order valence-electron chi connectivity index (χ3n) is 3.65. The minimum absolute atomic E-state index is 0.217. The highest BCUT2D eigenvalue weighted by Crippen LogP contribution is 2.19. The summed E-state index contributed by atoms with van der Waals surface area (Å²) in [5.74, 6) is -0.449. The van der Waals surface area contributed by atoms with E-state index < -0.39 is 5.97 Å². The van der Waals surface area contributed by atoms with E-state index >= 15 is 0 Å². The van der Waals surface area contributed by atoms with E-state index in [2.05, 4.69) is 16.5 Å². The molecule has 0 N–H and O–H groups in total. The molecule has 0 atom stereocenters. The van der Waals surface area contributed by atoms with E-state index in [1.54, 1.807) is 35.0 Å². The van der Waals surface area contributed by atoms with Gasteiger partial charge in [0.1, 0.15) is 5.39 Å². The Balaban J connectivity index is 2.33. The van der Waals surface area contributed by atoms with Crippen LogP contribution in [0.2, 0.25) is 0 Å². The van der Waals surface area contributed by atoms with Gasteiger partial charge in [0.05, 0.1) is 24.9 Å². The zero-order valence-electron chi connectivity index (χ0n) is 13.8. The average Bonchev–Trinajstić information content (AvgIpc) is 2.93. The van der Waals surface area contributed by atoms with Crippen molar-refractivity contribution in [1.82, 2.24) is 19.3 Å². The van der Waals surface area contributed by atoms with Crippen LogP contribution in [-0.4, -0.2) is 38.7 Å². The molecule has 0 bridgehead atoms. The third kappa shape index (κ3) is 2.96. The second-order valence-electron chi connectivity index (χ2n) is 5.12. The Morgan fingerprint density at radius 3 is 2.92 bits per heavy atom. The maximum atomic E-state index is 12.7. The van der Waals surface area contributed by atoms with Gasteiger partial charge in [0.25, 0.3) is 5.56 Å². The average molecular weight is 356 g/mol. The molecule has 0 aliphatic carbocycles. The lowest BCUT2D eigenvalue weighted by Gasteiger charge is -2.12. The molecule has 3 rings (SSSR count). The van der Waals surface area contributed by atoms with Crippen molar-refractivity contribution in [3.63, 3.8) is 0 Å². The Hall–Kier alpha value is -2.87. The van der Waals surface area contributed by atoms with Crippen LogP contribution in [0.25, 0.3) is 16.7 Å². The number of esters is 1. The summed E-state index contributed by atoms with van der Waals surface area (Å²) < 4.78 is 7.95. The van der Waals surface area contributed by atoms with Gasteiger partial charge in [-0.15, -0.1) is 6.58 Å². The highest BCUT2D eigenvalue weighted by molar-refractivity contribution is 7.98. The highest BCUT2D eigenvalue weighted by atomic mass is 32.2. The molecule has 0 fully saturated rings. The van der Waals surface area contributed by atoms with Gasteiger partial charge in [-0.1, -0.05) is 23.9 Å². The standard InChI is InChI=1S/C17H16N4O3S/c1-4-8-20-15(22)13-10-18-17(25-3)19-14(13)21(20)12-7-5-6-11(9-12)16(23)24-2/h4-7,9-10H,1,8H2,2-3H3. The quantitative estimate of drug-likeness (QED) is 0.302. The zero-order chi connectivity index (χ0) is 18.0. The van der Waals surface area contributed by atoms with Crippen LogP contribution < -0.4 is 5.56 Å². The number of benzene rings is 1. The number of nitrogens with zero attached hydrogens (tertiary/aromatic N) is 4. The van der Waals surface area contributed by atoms with Crippen molar-refractivity contribution in [1.29, 1.82) is 0 Å². The molecule has 0 aliphatic heterocycles. The largest absolute Gasteiger partial charge is 0.465 e. The van der Waals surface area contributed by atoms with Gasteiger partial charge in [-0.2, -0.15) is 0 Å². The fraction of sp³-hybridized carbons (Fsp3) is 0.176. The molecule has 0 radical (unpaired) electrons. The number of methoxy groups -OCH3 is 1. The topological polar surface area (TPSA) is 79.0 Å². The first-order valence-electron chi connectivity index (χ1n) is 7.43. The van der Waals surface area contributed by atoms with Crippen LogP contribution in [-0.2, 0) is 11.3 Å². The van der Waals surface area contributed by atoms with Gasteiger partial charge >= 0.3 is 5.97 Å². The molecule has 0 unspecified atom stereocenters. The van der Waals surface area contributed by atoms with Crippen LogP contribution in [0, 0.1) is 0 Å². The lowest BCUT2D eigenvalue weighted by atomic mass is 10.2. The van der Waals surface area contributed by atoms with Crippen molar-refractivity contribution >= 4 is 28.8 Å². The summed E-state index contributed by atoms with van der Waals surface area (Å²) in [6, 6.07) is 6.84. The van der Waals surface area contributed by atoms with E-state index in [0.29, 0.717) is 34.0 Å². The number of rotatable bonds is 5. The third-order valence-corrected chi connectivity index (χ3v) is 4.21. The molecule has 0 amide bonds. The minimum Gasteiger partial charge on any atom is -0.465 e. The highest BCUT2D eigenvalue weighted by Gasteiger charge is 2.17. The summed E-state index contributed by atoms with van der Waals surface area (Å²) in [6.45, 7) is 4.01. The van der Waals surface area contributed by atoms with Crippen molar-refractivity contribution in [2.45, 2.75) is 11.7 Å². The summed E-state index contributed by atoms with van der Waals surface area (Å²) in [6.07, 6.45) is 5.02. The zero-order valence-corrected chi connectivity index (χ0v) is 14.6. The molecule has 0 aliphatic rings. The normalized spacial score (nSPS) is 10.8. The van der Waals surface area contributed by atoms with Crippen LogP contribution >= 0.6 is 11.8 Å². The van der Waals surface area contributed by atoms with Crippen LogP contribution in [0.1, 0.15) is 10.4 Å². The van der Waals surface area contributed by atoms with Gasteiger partial charge < -0.3 is 4.74 Å². The predicted octanol–water partition coefficient (Wildman–Crippen LogP) is 2.28. The fourth-order valence-corrected chi connectivity index (χ4v) is 2.88. The van der Waals surface area contributed by atoms with E-state index in [9.17, 15) is 9.59 Å². The summed E-state index contributed by atoms with van der Waals surface area (Å²) in [5, 5.41) is 0.962. The Labute approximate surface area is 147 Å². The molecular formula is C17H16N4O3S. The number of aromatic nitrogens is 4. The van der Waals surface area contributed by atoms with Crippen molar-refractivity contribution in [2.24, 2.45) is 0 Å². The minimum atomic E-state index is -0.449. The summed E-state index contributed by atoms with van der Waals surface area (Å²) >= 11 is 1.39. The van der Waals surface area contributed by atoms with Crippen molar-refractivity contribution in [2.75, 3.05) is 13.4 Å². The first-order valence-corrected chi connectivity index (χ1v) is 8.65. The number of hydrogen-bond acceptors (Lipinski definition) is 6. The maximum absolute atomic E-state index is 12.7. The molecular weight excluding hydrogens is 340 g/mol. The molecule has 25 heavy (non-hydrogen) atoms. The van der Waals surface area contributed by atoms with Gasteiger partial charge in [-0.3, -0.25) is 4.79 Å². The molecule has 3 aromatic rings. The van der Waals surface area contributed by atoms with Gasteiger partial charge in [0.15, 0.2) is 10.8 Å². The van der Waals surface area contributed by atoms with E-state index in [1.807, 2.05) is 6.26 Å². The van der Waals surface area contributed by atoms with E-state index in [1.165, 1.54) is 29.8 Å². The molecule has 1 aromatic carbocycles.